The van der Waals surface area contributed by atoms with Crippen LogP contribution in [0.3, 0.4) is 0 Å². The lowest BCUT2D eigenvalue weighted by atomic mass is 10.2. The predicted molar refractivity (Wildman–Crippen MR) is 89.2 cm³/mol. The van der Waals surface area contributed by atoms with Gasteiger partial charge in [0, 0.05) is 17.3 Å². The van der Waals surface area contributed by atoms with Gasteiger partial charge in [0.15, 0.2) is 11.0 Å². The van der Waals surface area contributed by atoms with Crippen LogP contribution in [0.25, 0.3) is 11.4 Å². The lowest BCUT2D eigenvalue weighted by Gasteiger charge is -2.12. The zero-order valence-electron chi connectivity index (χ0n) is 12.6. The van der Waals surface area contributed by atoms with Crippen molar-refractivity contribution >= 4 is 23.4 Å². The highest BCUT2D eigenvalue weighted by Gasteiger charge is 2.18. The summed E-state index contributed by atoms with van der Waals surface area (Å²) in [6, 6.07) is 9.79. The number of furan rings is 1. The molecule has 2 heterocycles. The fourth-order valence-electron chi connectivity index (χ4n) is 2.30. The minimum Gasteiger partial charge on any atom is -0.469 e. The normalized spacial score (nSPS) is 12.5. The number of hydrogen-bond acceptors (Lipinski definition) is 4. The number of benzene rings is 1. The number of hydrogen-bond donors (Lipinski definition) is 0. The molecule has 0 spiro atoms. The number of rotatable bonds is 4. The molecule has 0 amide bonds. The molecule has 114 valence electrons. The van der Waals surface area contributed by atoms with Gasteiger partial charge in [-0.25, -0.2) is 0 Å². The van der Waals surface area contributed by atoms with Crippen molar-refractivity contribution in [1.82, 2.24) is 14.8 Å². The summed E-state index contributed by atoms with van der Waals surface area (Å²) in [4.78, 5) is 0. The summed E-state index contributed by atoms with van der Waals surface area (Å²) in [5.74, 6) is 1.64. The van der Waals surface area contributed by atoms with Gasteiger partial charge in [0.2, 0.25) is 0 Å². The highest BCUT2D eigenvalue weighted by atomic mass is 35.5. The van der Waals surface area contributed by atoms with Crippen LogP contribution in [0.1, 0.15) is 23.5 Å². The van der Waals surface area contributed by atoms with Crippen molar-refractivity contribution in [1.29, 1.82) is 0 Å². The first-order valence-electron chi connectivity index (χ1n) is 6.93. The van der Waals surface area contributed by atoms with E-state index in [4.69, 9.17) is 16.0 Å². The average Bonchev–Trinajstić information content (AvgIpc) is 3.06. The van der Waals surface area contributed by atoms with E-state index in [0.29, 0.717) is 0 Å². The van der Waals surface area contributed by atoms with Crippen molar-refractivity contribution in [2.24, 2.45) is 7.05 Å². The summed E-state index contributed by atoms with van der Waals surface area (Å²) in [6.07, 6.45) is 1.67. The number of aromatic nitrogens is 3. The first kappa shape index (κ1) is 15.2. The summed E-state index contributed by atoms with van der Waals surface area (Å²) < 4.78 is 7.33. The van der Waals surface area contributed by atoms with Gasteiger partial charge in [-0.2, -0.15) is 0 Å². The number of thioether (sulfide) groups is 1. The summed E-state index contributed by atoms with van der Waals surface area (Å²) in [7, 11) is 1.96. The SMILES string of the molecule is Cc1occc1-c1nnc(S[C@H](C)c2ccccc2Cl)n1C. The predicted octanol–water partition coefficient (Wildman–Crippen LogP) is 4.89. The fraction of sp³-hybridized carbons (Fsp3) is 0.250. The quantitative estimate of drug-likeness (QED) is 0.637. The molecule has 22 heavy (non-hydrogen) atoms. The van der Waals surface area contributed by atoms with E-state index in [0.717, 1.165) is 32.9 Å². The third-order valence-corrected chi connectivity index (χ3v) is 5.08. The molecule has 0 saturated heterocycles. The average molecular weight is 334 g/mol. The van der Waals surface area contributed by atoms with E-state index in [-0.39, 0.29) is 5.25 Å². The van der Waals surface area contributed by atoms with E-state index >= 15 is 0 Å². The third kappa shape index (κ3) is 2.78. The van der Waals surface area contributed by atoms with E-state index in [1.54, 1.807) is 18.0 Å². The van der Waals surface area contributed by atoms with Gasteiger partial charge in [0.1, 0.15) is 5.76 Å². The Morgan fingerprint density at radius 3 is 2.68 bits per heavy atom. The summed E-state index contributed by atoms with van der Waals surface area (Å²) >= 11 is 7.90. The molecule has 0 bridgehead atoms. The Kier molecular flexibility index (Phi) is 4.27. The number of aryl methyl sites for hydroxylation is 1. The van der Waals surface area contributed by atoms with Crippen LogP contribution in [-0.2, 0) is 7.05 Å². The Morgan fingerprint density at radius 2 is 2.00 bits per heavy atom. The Morgan fingerprint density at radius 1 is 1.23 bits per heavy atom. The van der Waals surface area contributed by atoms with Crippen LogP contribution in [0.4, 0.5) is 0 Å². The second-order valence-electron chi connectivity index (χ2n) is 5.04. The lowest BCUT2D eigenvalue weighted by Crippen LogP contribution is -1.97. The molecule has 0 fully saturated rings. The highest BCUT2D eigenvalue weighted by molar-refractivity contribution is 7.99. The molecule has 1 atom stereocenters. The van der Waals surface area contributed by atoms with Crippen LogP contribution >= 0.6 is 23.4 Å². The van der Waals surface area contributed by atoms with Crippen molar-refractivity contribution in [2.45, 2.75) is 24.3 Å². The van der Waals surface area contributed by atoms with Gasteiger partial charge in [-0.3, -0.25) is 0 Å². The molecule has 0 aliphatic rings. The molecule has 0 aliphatic carbocycles. The molecule has 0 aliphatic heterocycles. The monoisotopic (exact) mass is 333 g/mol. The summed E-state index contributed by atoms with van der Waals surface area (Å²) in [5.41, 5.74) is 2.06. The van der Waals surface area contributed by atoms with E-state index in [1.165, 1.54) is 0 Å². The van der Waals surface area contributed by atoms with Gasteiger partial charge in [-0.15, -0.1) is 10.2 Å². The molecule has 3 aromatic rings. The summed E-state index contributed by atoms with van der Waals surface area (Å²) in [6.45, 7) is 4.03. The van der Waals surface area contributed by atoms with Crippen LogP contribution in [0.15, 0.2) is 46.2 Å². The van der Waals surface area contributed by atoms with Crippen LogP contribution < -0.4 is 0 Å². The van der Waals surface area contributed by atoms with Gasteiger partial charge >= 0.3 is 0 Å². The Labute approximate surface area is 138 Å². The van der Waals surface area contributed by atoms with Crippen molar-refractivity contribution in [2.75, 3.05) is 0 Å². The van der Waals surface area contributed by atoms with Crippen LogP contribution in [0.5, 0.6) is 0 Å². The molecule has 0 N–H and O–H groups in total. The first-order chi connectivity index (χ1) is 10.6. The maximum absolute atomic E-state index is 6.26. The Hall–Kier alpha value is -1.72. The number of nitrogens with zero attached hydrogens (tertiary/aromatic N) is 3. The smallest absolute Gasteiger partial charge is 0.191 e. The maximum Gasteiger partial charge on any atom is 0.191 e. The van der Waals surface area contributed by atoms with Gasteiger partial charge in [-0.05, 0) is 31.5 Å². The molecular weight excluding hydrogens is 318 g/mol. The van der Waals surface area contributed by atoms with E-state index in [2.05, 4.69) is 17.1 Å². The summed E-state index contributed by atoms with van der Waals surface area (Å²) in [5, 5.41) is 10.4. The van der Waals surface area contributed by atoms with Gasteiger partial charge < -0.3 is 8.98 Å². The molecule has 3 rings (SSSR count). The van der Waals surface area contributed by atoms with Crippen LogP contribution in [0, 0.1) is 6.92 Å². The van der Waals surface area contributed by atoms with E-state index in [9.17, 15) is 0 Å². The Bertz CT molecular complexity index is 796. The number of halogens is 1. The second-order valence-corrected chi connectivity index (χ2v) is 6.75. The van der Waals surface area contributed by atoms with Crippen molar-refractivity contribution in [3.8, 4) is 11.4 Å². The minimum absolute atomic E-state index is 0.190. The molecule has 0 saturated carbocycles. The molecule has 0 radical (unpaired) electrons. The zero-order valence-corrected chi connectivity index (χ0v) is 14.1. The minimum atomic E-state index is 0.190. The van der Waals surface area contributed by atoms with Gasteiger partial charge in [-0.1, -0.05) is 41.6 Å². The van der Waals surface area contributed by atoms with Crippen molar-refractivity contribution < 1.29 is 4.42 Å². The van der Waals surface area contributed by atoms with E-state index in [1.807, 2.05) is 48.9 Å². The van der Waals surface area contributed by atoms with Gasteiger partial charge in [0.25, 0.3) is 0 Å². The first-order valence-corrected chi connectivity index (χ1v) is 8.18. The Balaban J connectivity index is 1.87. The lowest BCUT2D eigenvalue weighted by molar-refractivity contribution is 0.534. The van der Waals surface area contributed by atoms with Gasteiger partial charge in [0.05, 0.1) is 11.8 Å². The molecule has 4 nitrogen and oxygen atoms in total. The largest absolute Gasteiger partial charge is 0.469 e. The fourth-order valence-corrected chi connectivity index (χ4v) is 3.64. The van der Waals surface area contributed by atoms with Crippen molar-refractivity contribution in [3.05, 3.63) is 52.9 Å². The van der Waals surface area contributed by atoms with Crippen molar-refractivity contribution in [3.63, 3.8) is 0 Å². The maximum atomic E-state index is 6.26. The molecule has 6 heteroatoms. The topological polar surface area (TPSA) is 43.9 Å². The molecule has 0 unspecified atom stereocenters. The van der Waals surface area contributed by atoms with Crippen LogP contribution in [-0.4, -0.2) is 14.8 Å². The highest BCUT2D eigenvalue weighted by Crippen LogP contribution is 2.37. The van der Waals surface area contributed by atoms with Crippen LogP contribution in [0.2, 0.25) is 5.02 Å². The van der Waals surface area contributed by atoms with E-state index < -0.39 is 0 Å². The molecule has 2 aromatic heterocycles. The second kappa shape index (κ2) is 6.18. The zero-order chi connectivity index (χ0) is 15.7. The standard InChI is InChI=1S/C16H16ClN3OS/c1-10-12(8-9-21-10)15-18-19-16(20(15)3)22-11(2)13-6-4-5-7-14(13)17/h4-9,11H,1-3H3/t11-/m1/s1. The molecular formula is C16H16ClN3OS. The third-order valence-electron chi connectivity index (χ3n) is 3.56. The molecule has 1 aromatic carbocycles.